The largest absolute Gasteiger partial charge is 0.344 e. The molecule has 0 bridgehead atoms. The van der Waals surface area contributed by atoms with Crippen LogP contribution in [0.3, 0.4) is 0 Å². The lowest BCUT2D eigenvalue weighted by Gasteiger charge is -2.24. The van der Waals surface area contributed by atoms with Gasteiger partial charge in [0, 0.05) is 36.6 Å². The third-order valence-electron chi connectivity index (χ3n) is 5.65. The standard InChI is InChI=1S/C25H34N4O5S/c1-16(2)23(28-20(30)11-5-4-8-14-29-21(31)12-13-22(29)32)25(34)26-17(3)24(33)27-19-10-7-6-9-18(19)15-35/h6-7,9-10,12-13,16-17,23,35H,4-5,8,11,14-15H2,1-3H3,(H,26,34)(H,27,33)(H,28,30)/t17-,23-/m0/s1. The lowest BCUT2D eigenvalue weighted by atomic mass is 10.0. The van der Waals surface area contributed by atoms with Crippen LogP contribution >= 0.6 is 12.6 Å². The number of unbranched alkanes of at least 4 members (excludes halogenated alkanes) is 2. The first kappa shape index (κ1) is 28.1. The molecule has 0 fully saturated rings. The monoisotopic (exact) mass is 502 g/mol. The second-order valence-electron chi connectivity index (χ2n) is 8.80. The van der Waals surface area contributed by atoms with Gasteiger partial charge >= 0.3 is 0 Å². The van der Waals surface area contributed by atoms with Crippen LogP contribution in [0, 0.1) is 5.92 Å². The van der Waals surface area contributed by atoms with Gasteiger partial charge in [0.05, 0.1) is 0 Å². The Morgan fingerprint density at radius 3 is 2.20 bits per heavy atom. The molecular formula is C25H34N4O5S. The van der Waals surface area contributed by atoms with Crippen LogP contribution in [0.25, 0.3) is 0 Å². The van der Waals surface area contributed by atoms with E-state index in [0.29, 0.717) is 37.2 Å². The summed E-state index contributed by atoms with van der Waals surface area (Å²) >= 11 is 4.26. The maximum Gasteiger partial charge on any atom is 0.253 e. The number of para-hydroxylation sites is 1. The van der Waals surface area contributed by atoms with Gasteiger partial charge in [-0.15, -0.1) is 0 Å². The van der Waals surface area contributed by atoms with Crippen LogP contribution in [-0.4, -0.2) is 53.1 Å². The smallest absolute Gasteiger partial charge is 0.253 e. The van der Waals surface area contributed by atoms with Crippen LogP contribution in [0.2, 0.25) is 0 Å². The molecule has 1 heterocycles. The minimum Gasteiger partial charge on any atom is -0.344 e. The summed E-state index contributed by atoms with van der Waals surface area (Å²) in [5, 5.41) is 8.23. The number of nitrogens with zero attached hydrogens (tertiary/aromatic N) is 1. The minimum atomic E-state index is -0.806. The number of hydrogen-bond acceptors (Lipinski definition) is 6. The molecule has 10 heteroatoms. The van der Waals surface area contributed by atoms with Crippen LogP contribution in [0.5, 0.6) is 0 Å². The van der Waals surface area contributed by atoms with Crippen molar-refractivity contribution in [2.45, 2.75) is 64.3 Å². The van der Waals surface area contributed by atoms with E-state index in [1.807, 2.05) is 26.0 Å². The van der Waals surface area contributed by atoms with Gasteiger partial charge in [-0.1, -0.05) is 38.5 Å². The van der Waals surface area contributed by atoms with E-state index in [4.69, 9.17) is 0 Å². The SMILES string of the molecule is CC(C)[C@H](NC(=O)CCCCCN1C(=O)C=CC1=O)C(=O)N[C@@H](C)C(=O)Nc1ccccc1CS. The van der Waals surface area contributed by atoms with Crippen molar-refractivity contribution in [1.29, 1.82) is 0 Å². The number of benzene rings is 1. The van der Waals surface area contributed by atoms with E-state index in [0.717, 1.165) is 5.56 Å². The first-order valence-electron chi connectivity index (χ1n) is 11.8. The zero-order chi connectivity index (χ0) is 26.0. The van der Waals surface area contributed by atoms with Crippen LogP contribution in [0.4, 0.5) is 5.69 Å². The van der Waals surface area contributed by atoms with Gasteiger partial charge in [0.2, 0.25) is 17.7 Å². The number of thiol groups is 1. The highest BCUT2D eigenvalue weighted by Gasteiger charge is 2.27. The fourth-order valence-corrected chi connectivity index (χ4v) is 3.83. The Morgan fingerprint density at radius 1 is 0.914 bits per heavy atom. The van der Waals surface area contributed by atoms with Crippen molar-refractivity contribution in [1.82, 2.24) is 15.5 Å². The summed E-state index contributed by atoms with van der Waals surface area (Å²) < 4.78 is 0. The van der Waals surface area contributed by atoms with Crippen molar-refractivity contribution in [2.75, 3.05) is 11.9 Å². The zero-order valence-corrected chi connectivity index (χ0v) is 21.3. The second-order valence-corrected chi connectivity index (χ2v) is 9.11. The molecule has 35 heavy (non-hydrogen) atoms. The summed E-state index contributed by atoms with van der Waals surface area (Å²) in [4.78, 5) is 62.0. The van der Waals surface area contributed by atoms with Gasteiger partial charge < -0.3 is 16.0 Å². The Kier molecular flexibility index (Phi) is 11.0. The molecule has 0 saturated carbocycles. The topological polar surface area (TPSA) is 125 Å². The molecule has 5 amide bonds. The molecule has 0 radical (unpaired) electrons. The lowest BCUT2D eigenvalue weighted by Crippen LogP contribution is -2.53. The maximum atomic E-state index is 12.8. The van der Waals surface area contributed by atoms with Gasteiger partial charge in [0.15, 0.2) is 0 Å². The predicted molar refractivity (Wildman–Crippen MR) is 136 cm³/mol. The molecule has 3 N–H and O–H groups in total. The molecule has 2 rings (SSSR count). The molecular weight excluding hydrogens is 468 g/mol. The third kappa shape index (κ3) is 8.54. The van der Waals surface area contributed by atoms with Crippen molar-refractivity contribution in [2.24, 2.45) is 5.92 Å². The summed E-state index contributed by atoms with van der Waals surface area (Å²) in [6, 6.07) is 5.70. The Hall–Kier alpha value is -3.14. The second kappa shape index (κ2) is 13.7. The first-order valence-corrected chi connectivity index (χ1v) is 12.4. The highest BCUT2D eigenvalue weighted by atomic mass is 32.1. The summed E-state index contributed by atoms with van der Waals surface area (Å²) in [6.07, 6.45) is 4.53. The number of hydrogen-bond donors (Lipinski definition) is 4. The average molecular weight is 503 g/mol. The van der Waals surface area contributed by atoms with E-state index in [1.165, 1.54) is 17.1 Å². The van der Waals surface area contributed by atoms with Gasteiger partial charge in [0.25, 0.3) is 11.8 Å². The first-order chi connectivity index (χ1) is 16.6. The summed E-state index contributed by atoms with van der Waals surface area (Å²) in [7, 11) is 0. The molecule has 1 aliphatic heterocycles. The molecule has 9 nitrogen and oxygen atoms in total. The van der Waals surface area contributed by atoms with Crippen molar-refractivity contribution in [3.63, 3.8) is 0 Å². The fraction of sp³-hybridized carbons (Fsp3) is 0.480. The fourth-order valence-electron chi connectivity index (χ4n) is 3.55. The molecule has 0 spiro atoms. The molecule has 0 aliphatic carbocycles. The van der Waals surface area contributed by atoms with Crippen LogP contribution in [-0.2, 0) is 29.7 Å². The number of nitrogens with one attached hydrogen (secondary N) is 3. The highest BCUT2D eigenvalue weighted by Crippen LogP contribution is 2.17. The van der Waals surface area contributed by atoms with Gasteiger partial charge in [0.1, 0.15) is 12.1 Å². The molecule has 2 atom stereocenters. The average Bonchev–Trinajstić information content (AvgIpc) is 3.14. The number of imide groups is 1. The summed E-state index contributed by atoms with van der Waals surface area (Å²) in [5.41, 5.74) is 1.50. The maximum absolute atomic E-state index is 12.8. The molecule has 1 aromatic rings. The molecule has 1 aromatic carbocycles. The molecule has 1 aliphatic rings. The van der Waals surface area contributed by atoms with Crippen LogP contribution in [0.1, 0.15) is 52.0 Å². The van der Waals surface area contributed by atoms with Gasteiger partial charge in [-0.25, -0.2) is 0 Å². The molecule has 0 aromatic heterocycles. The normalized spacial score (nSPS) is 14.7. The van der Waals surface area contributed by atoms with Crippen molar-refractivity contribution in [3.8, 4) is 0 Å². The van der Waals surface area contributed by atoms with Crippen molar-refractivity contribution in [3.05, 3.63) is 42.0 Å². The van der Waals surface area contributed by atoms with E-state index in [2.05, 4.69) is 28.6 Å². The van der Waals surface area contributed by atoms with Crippen LogP contribution in [0.15, 0.2) is 36.4 Å². The van der Waals surface area contributed by atoms with Gasteiger partial charge in [-0.2, -0.15) is 12.6 Å². The van der Waals surface area contributed by atoms with Gasteiger partial charge in [-0.05, 0) is 37.3 Å². The number of rotatable bonds is 13. The van der Waals surface area contributed by atoms with E-state index in [9.17, 15) is 24.0 Å². The van der Waals surface area contributed by atoms with Gasteiger partial charge in [-0.3, -0.25) is 28.9 Å². The van der Waals surface area contributed by atoms with E-state index in [1.54, 1.807) is 19.1 Å². The molecule has 0 saturated heterocycles. The van der Waals surface area contributed by atoms with E-state index >= 15 is 0 Å². The number of amides is 5. The highest BCUT2D eigenvalue weighted by molar-refractivity contribution is 7.79. The predicted octanol–water partition coefficient (Wildman–Crippen LogP) is 2.19. The minimum absolute atomic E-state index is 0.182. The number of anilines is 1. The summed E-state index contributed by atoms with van der Waals surface area (Å²) in [6.45, 7) is 5.54. The zero-order valence-electron chi connectivity index (χ0n) is 20.4. The van der Waals surface area contributed by atoms with Crippen molar-refractivity contribution >= 4 is 47.9 Å². The Labute approximate surface area is 211 Å². The Bertz CT molecular complexity index is 960. The third-order valence-corrected chi connectivity index (χ3v) is 5.99. The summed E-state index contributed by atoms with van der Waals surface area (Å²) in [5.74, 6) is -1.42. The molecule has 0 unspecified atom stereocenters. The van der Waals surface area contributed by atoms with E-state index in [-0.39, 0.29) is 36.0 Å². The number of carbonyl (C=O) groups is 5. The quantitative estimate of drug-likeness (QED) is 0.187. The molecule has 190 valence electrons. The Balaban J connectivity index is 1.77. The lowest BCUT2D eigenvalue weighted by molar-refractivity contribution is -0.137. The van der Waals surface area contributed by atoms with E-state index < -0.39 is 18.0 Å². The number of carbonyl (C=O) groups excluding carboxylic acids is 5. The van der Waals surface area contributed by atoms with Crippen molar-refractivity contribution < 1.29 is 24.0 Å². The van der Waals surface area contributed by atoms with Crippen LogP contribution < -0.4 is 16.0 Å². The Morgan fingerprint density at radius 2 is 1.57 bits per heavy atom.